The molecule has 116 valence electrons. The van der Waals surface area contributed by atoms with Crippen molar-refractivity contribution in [3.63, 3.8) is 0 Å². The van der Waals surface area contributed by atoms with Crippen LogP contribution in [0.3, 0.4) is 0 Å². The third-order valence-corrected chi connectivity index (χ3v) is 3.79. The molecule has 1 aromatic carbocycles. The van der Waals surface area contributed by atoms with Crippen LogP contribution in [0.25, 0.3) is 0 Å². The molecule has 21 heavy (non-hydrogen) atoms. The zero-order valence-corrected chi connectivity index (χ0v) is 13.2. The number of amides is 1. The number of benzene rings is 1. The van der Waals surface area contributed by atoms with Crippen LogP contribution in [-0.4, -0.2) is 30.7 Å². The van der Waals surface area contributed by atoms with Gasteiger partial charge in [-0.3, -0.25) is 0 Å². The van der Waals surface area contributed by atoms with Crippen LogP contribution < -0.4 is 9.47 Å². The zero-order valence-electron chi connectivity index (χ0n) is 12.4. The average molecular weight is 312 g/mol. The Labute approximate surface area is 131 Å². The van der Waals surface area contributed by atoms with Gasteiger partial charge in [-0.25, -0.2) is 4.79 Å². The predicted octanol–water partition coefficient (Wildman–Crippen LogP) is 4.50. The second-order valence-corrected chi connectivity index (χ2v) is 5.62. The molecule has 1 saturated heterocycles. The van der Waals surface area contributed by atoms with Crippen LogP contribution in [0.1, 0.15) is 39.0 Å². The molecular weight excluding hydrogens is 290 g/mol. The molecule has 0 saturated carbocycles. The Balaban J connectivity index is 1.92. The number of rotatable bonds is 6. The summed E-state index contributed by atoms with van der Waals surface area (Å²) in [6.45, 7) is 4.31. The molecule has 0 aliphatic carbocycles. The number of hydrogen-bond donors (Lipinski definition) is 0. The first-order valence-electron chi connectivity index (χ1n) is 7.60. The number of ether oxygens (including phenoxy) is 2. The van der Waals surface area contributed by atoms with Gasteiger partial charge in [-0.1, -0.05) is 31.4 Å². The maximum absolute atomic E-state index is 11.9. The second-order valence-electron chi connectivity index (χ2n) is 5.21. The van der Waals surface area contributed by atoms with E-state index in [1.165, 1.54) is 0 Å². The summed E-state index contributed by atoms with van der Waals surface area (Å²) in [5.41, 5.74) is 0. The van der Waals surface area contributed by atoms with Crippen LogP contribution in [0.15, 0.2) is 18.2 Å². The summed E-state index contributed by atoms with van der Waals surface area (Å²) >= 11 is 6.10. The van der Waals surface area contributed by atoms with Crippen molar-refractivity contribution in [2.24, 2.45) is 0 Å². The van der Waals surface area contributed by atoms with Crippen LogP contribution in [-0.2, 0) is 0 Å². The van der Waals surface area contributed by atoms with E-state index in [0.717, 1.165) is 45.2 Å². The molecule has 0 radical (unpaired) electrons. The molecule has 1 aromatic rings. The standard InChI is InChI=1S/C16H22ClNO3/c1-2-3-6-11-20-15-12-13(7-8-14(15)17)21-16(19)18-9-4-5-10-18/h7-8,12H,2-6,9-11H2,1H3. The summed E-state index contributed by atoms with van der Waals surface area (Å²) in [6.07, 6.45) is 5.05. The van der Waals surface area contributed by atoms with Crippen LogP contribution in [0.2, 0.25) is 5.02 Å². The van der Waals surface area contributed by atoms with Crippen LogP contribution in [0, 0.1) is 0 Å². The minimum Gasteiger partial charge on any atom is -0.492 e. The van der Waals surface area contributed by atoms with Crippen molar-refractivity contribution in [2.45, 2.75) is 39.0 Å². The van der Waals surface area contributed by atoms with Gasteiger partial charge in [0.05, 0.1) is 11.6 Å². The molecule has 0 spiro atoms. The maximum atomic E-state index is 11.9. The first kappa shape index (κ1) is 16.0. The molecule has 1 heterocycles. The van der Waals surface area contributed by atoms with E-state index in [2.05, 4.69) is 6.92 Å². The first-order chi connectivity index (χ1) is 10.2. The quantitative estimate of drug-likeness (QED) is 0.726. The fraction of sp³-hybridized carbons (Fsp3) is 0.562. The minimum absolute atomic E-state index is 0.299. The molecule has 0 unspecified atom stereocenters. The van der Waals surface area contributed by atoms with Gasteiger partial charge in [0, 0.05) is 19.2 Å². The highest BCUT2D eigenvalue weighted by Gasteiger charge is 2.20. The Morgan fingerprint density at radius 2 is 2.05 bits per heavy atom. The number of carbonyl (C=O) groups excluding carboxylic acids is 1. The topological polar surface area (TPSA) is 38.8 Å². The summed E-state index contributed by atoms with van der Waals surface area (Å²) in [4.78, 5) is 13.7. The third-order valence-electron chi connectivity index (χ3n) is 3.48. The van der Waals surface area contributed by atoms with E-state index >= 15 is 0 Å². The molecule has 0 atom stereocenters. The SMILES string of the molecule is CCCCCOc1cc(OC(=O)N2CCCC2)ccc1Cl. The van der Waals surface area contributed by atoms with Crippen LogP contribution in [0.5, 0.6) is 11.5 Å². The Bertz CT molecular complexity index is 473. The fourth-order valence-corrected chi connectivity index (χ4v) is 2.43. The Morgan fingerprint density at radius 1 is 1.29 bits per heavy atom. The van der Waals surface area contributed by atoms with Crippen LogP contribution in [0.4, 0.5) is 4.79 Å². The van der Waals surface area contributed by atoms with Gasteiger partial charge in [0.2, 0.25) is 0 Å². The largest absolute Gasteiger partial charge is 0.492 e. The first-order valence-corrected chi connectivity index (χ1v) is 7.97. The van der Waals surface area contributed by atoms with Gasteiger partial charge in [0.15, 0.2) is 0 Å². The third kappa shape index (κ3) is 4.81. The van der Waals surface area contributed by atoms with Crippen molar-refractivity contribution in [1.29, 1.82) is 0 Å². The predicted molar refractivity (Wildman–Crippen MR) is 83.3 cm³/mol. The van der Waals surface area contributed by atoms with E-state index in [0.29, 0.717) is 23.1 Å². The van der Waals surface area contributed by atoms with Crippen molar-refractivity contribution < 1.29 is 14.3 Å². The molecule has 0 aromatic heterocycles. The van der Waals surface area contributed by atoms with E-state index in [4.69, 9.17) is 21.1 Å². The van der Waals surface area contributed by atoms with E-state index in [-0.39, 0.29) is 6.09 Å². The van der Waals surface area contributed by atoms with Crippen molar-refractivity contribution >= 4 is 17.7 Å². The minimum atomic E-state index is -0.299. The number of halogens is 1. The van der Waals surface area contributed by atoms with Gasteiger partial charge in [-0.05, 0) is 31.4 Å². The van der Waals surface area contributed by atoms with Crippen LogP contribution >= 0.6 is 11.6 Å². The Morgan fingerprint density at radius 3 is 2.76 bits per heavy atom. The summed E-state index contributed by atoms with van der Waals surface area (Å²) in [5.74, 6) is 1.04. The Kier molecular flexibility index (Phi) is 6.18. The molecule has 1 fully saturated rings. The maximum Gasteiger partial charge on any atom is 0.415 e. The summed E-state index contributed by atoms with van der Waals surface area (Å²) in [7, 11) is 0. The second kappa shape index (κ2) is 8.13. The summed E-state index contributed by atoms with van der Waals surface area (Å²) in [6, 6.07) is 5.07. The van der Waals surface area contributed by atoms with Crippen molar-refractivity contribution in [1.82, 2.24) is 4.90 Å². The summed E-state index contributed by atoms with van der Waals surface area (Å²) in [5, 5.41) is 0.535. The molecule has 2 rings (SSSR count). The van der Waals surface area contributed by atoms with Gasteiger partial charge >= 0.3 is 6.09 Å². The lowest BCUT2D eigenvalue weighted by molar-refractivity contribution is 0.162. The number of unbranched alkanes of at least 4 members (excludes halogenated alkanes) is 2. The summed E-state index contributed by atoms with van der Waals surface area (Å²) < 4.78 is 11.0. The average Bonchev–Trinajstić information content (AvgIpc) is 3.01. The highest BCUT2D eigenvalue weighted by molar-refractivity contribution is 6.32. The number of nitrogens with zero attached hydrogens (tertiary/aromatic N) is 1. The van der Waals surface area contributed by atoms with Gasteiger partial charge in [0.1, 0.15) is 11.5 Å². The molecule has 0 N–H and O–H groups in total. The molecule has 5 heteroatoms. The van der Waals surface area contributed by atoms with E-state index in [1.54, 1.807) is 23.1 Å². The van der Waals surface area contributed by atoms with Crippen molar-refractivity contribution in [2.75, 3.05) is 19.7 Å². The van der Waals surface area contributed by atoms with Crippen molar-refractivity contribution in [3.8, 4) is 11.5 Å². The molecule has 4 nitrogen and oxygen atoms in total. The number of hydrogen-bond acceptors (Lipinski definition) is 3. The Hall–Kier alpha value is -1.42. The molecular formula is C16H22ClNO3. The molecule has 1 amide bonds. The van der Waals surface area contributed by atoms with Gasteiger partial charge < -0.3 is 14.4 Å². The van der Waals surface area contributed by atoms with Gasteiger partial charge in [0.25, 0.3) is 0 Å². The molecule has 0 bridgehead atoms. The number of likely N-dealkylation sites (tertiary alicyclic amines) is 1. The lowest BCUT2D eigenvalue weighted by atomic mass is 10.2. The monoisotopic (exact) mass is 311 g/mol. The number of carbonyl (C=O) groups is 1. The van der Waals surface area contributed by atoms with E-state index in [9.17, 15) is 4.79 Å². The highest BCUT2D eigenvalue weighted by atomic mass is 35.5. The van der Waals surface area contributed by atoms with E-state index < -0.39 is 0 Å². The lowest BCUT2D eigenvalue weighted by Crippen LogP contribution is -2.30. The van der Waals surface area contributed by atoms with Gasteiger partial charge in [-0.2, -0.15) is 0 Å². The highest BCUT2D eigenvalue weighted by Crippen LogP contribution is 2.29. The normalized spacial score (nSPS) is 14.3. The lowest BCUT2D eigenvalue weighted by Gasteiger charge is -2.15. The zero-order chi connectivity index (χ0) is 15.1. The van der Waals surface area contributed by atoms with Gasteiger partial charge in [-0.15, -0.1) is 0 Å². The smallest absolute Gasteiger partial charge is 0.415 e. The van der Waals surface area contributed by atoms with Crippen molar-refractivity contribution in [3.05, 3.63) is 23.2 Å². The fourth-order valence-electron chi connectivity index (χ4n) is 2.26. The molecule has 1 aliphatic heterocycles. The van der Waals surface area contributed by atoms with E-state index in [1.807, 2.05) is 0 Å². The molecule has 1 aliphatic rings.